The minimum atomic E-state index is -0.663. The number of thiophene rings is 1. The molecule has 0 bridgehead atoms. The zero-order valence-corrected chi connectivity index (χ0v) is 16.8. The first-order valence-electron chi connectivity index (χ1n) is 9.11. The Morgan fingerprint density at radius 1 is 1.13 bits per heavy atom. The van der Waals surface area contributed by atoms with Gasteiger partial charge in [-0.25, -0.2) is 4.79 Å². The molecular formula is C21H15N5O4S. The Balaban J connectivity index is 1.64. The normalized spacial score (nSPS) is 11.3. The minimum Gasteiger partial charge on any atom is -0.456 e. The fraction of sp³-hybridized carbons (Fsp3) is 0.0476. The molecule has 0 aliphatic rings. The van der Waals surface area contributed by atoms with Gasteiger partial charge in [0.2, 0.25) is 0 Å². The van der Waals surface area contributed by atoms with Crippen molar-refractivity contribution < 1.29 is 14.5 Å². The molecule has 0 N–H and O–H groups in total. The first kappa shape index (κ1) is 20.1. The largest absolute Gasteiger partial charge is 0.456 e. The first-order chi connectivity index (χ1) is 15.1. The lowest BCUT2D eigenvalue weighted by Crippen LogP contribution is -2.15. The minimum absolute atomic E-state index is 0.0743. The lowest BCUT2D eigenvalue weighted by atomic mass is 10.2. The van der Waals surface area contributed by atoms with Crippen LogP contribution in [0.1, 0.15) is 10.4 Å². The van der Waals surface area contributed by atoms with Crippen LogP contribution in [-0.4, -0.2) is 31.1 Å². The van der Waals surface area contributed by atoms with E-state index in [1.165, 1.54) is 28.2 Å². The summed E-state index contributed by atoms with van der Waals surface area (Å²) in [6, 6.07) is 18.9. The summed E-state index contributed by atoms with van der Waals surface area (Å²) in [5.41, 5.74) is 1.28. The predicted molar refractivity (Wildman–Crippen MR) is 115 cm³/mol. The van der Waals surface area contributed by atoms with E-state index < -0.39 is 10.9 Å². The highest BCUT2D eigenvalue weighted by Crippen LogP contribution is 2.23. The molecule has 2 heterocycles. The molecule has 0 atom stereocenters. The van der Waals surface area contributed by atoms with Crippen LogP contribution in [0.4, 0.5) is 5.69 Å². The summed E-state index contributed by atoms with van der Waals surface area (Å²) in [4.78, 5) is 24.3. The monoisotopic (exact) mass is 433 g/mol. The second kappa shape index (κ2) is 9.09. The molecule has 0 saturated carbocycles. The van der Waals surface area contributed by atoms with Gasteiger partial charge < -0.3 is 4.74 Å². The lowest BCUT2D eigenvalue weighted by molar-refractivity contribution is -0.384. The Morgan fingerprint density at radius 3 is 2.71 bits per heavy atom. The van der Waals surface area contributed by atoms with E-state index in [1.807, 2.05) is 47.8 Å². The number of tetrazole rings is 1. The topological polar surface area (TPSA) is 113 Å². The zero-order chi connectivity index (χ0) is 21.6. The SMILES string of the molecule is O=C(OCc1cccc([N+](=O)[O-])c1)C(=Cc1cccs1)n1nnnc1-c1ccccc1. The summed E-state index contributed by atoms with van der Waals surface area (Å²) in [5, 5.41) is 24.6. The van der Waals surface area contributed by atoms with Gasteiger partial charge in [0.25, 0.3) is 5.69 Å². The molecule has 4 rings (SSSR count). The molecule has 0 aliphatic heterocycles. The van der Waals surface area contributed by atoms with Crippen molar-refractivity contribution in [3.8, 4) is 11.4 Å². The summed E-state index contributed by atoms with van der Waals surface area (Å²) in [7, 11) is 0. The molecule has 0 amide bonds. The number of nitrogens with zero attached hydrogens (tertiary/aromatic N) is 5. The number of benzene rings is 2. The van der Waals surface area contributed by atoms with Crippen molar-refractivity contribution in [2.24, 2.45) is 0 Å². The van der Waals surface area contributed by atoms with Crippen molar-refractivity contribution in [3.63, 3.8) is 0 Å². The molecule has 0 unspecified atom stereocenters. The number of carbonyl (C=O) groups is 1. The van der Waals surface area contributed by atoms with Gasteiger partial charge in [0.05, 0.1) is 4.92 Å². The fourth-order valence-electron chi connectivity index (χ4n) is 2.81. The van der Waals surface area contributed by atoms with Crippen molar-refractivity contribution in [2.45, 2.75) is 6.61 Å². The maximum Gasteiger partial charge on any atom is 0.357 e. The number of hydrogen-bond acceptors (Lipinski definition) is 8. The van der Waals surface area contributed by atoms with Crippen LogP contribution in [-0.2, 0) is 16.1 Å². The molecule has 0 fully saturated rings. The highest BCUT2D eigenvalue weighted by Gasteiger charge is 2.21. The molecule has 2 aromatic heterocycles. The van der Waals surface area contributed by atoms with Crippen molar-refractivity contribution in [1.29, 1.82) is 0 Å². The number of esters is 1. The molecule has 2 aromatic carbocycles. The summed E-state index contributed by atoms with van der Waals surface area (Å²) in [6.07, 6.45) is 1.64. The third kappa shape index (κ3) is 4.70. The van der Waals surface area contributed by atoms with E-state index in [9.17, 15) is 14.9 Å². The van der Waals surface area contributed by atoms with Gasteiger partial charge >= 0.3 is 5.97 Å². The van der Waals surface area contributed by atoms with E-state index in [1.54, 1.807) is 18.2 Å². The molecule has 154 valence electrons. The molecule has 0 spiro atoms. The molecule has 31 heavy (non-hydrogen) atoms. The Bertz CT molecular complexity index is 1240. The van der Waals surface area contributed by atoms with Crippen LogP contribution < -0.4 is 0 Å². The lowest BCUT2D eigenvalue weighted by Gasteiger charge is -2.10. The molecule has 0 radical (unpaired) electrons. The van der Waals surface area contributed by atoms with Gasteiger partial charge in [0, 0.05) is 22.6 Å². The highest BCUT2D eigenvalue weighted by molar-refractivity contribution is 7.10. The molecule has 9 nitrogen and oxygen atoms in total. The highest BCUT2D eigenvalue weighted by atomic mass is 32.1. The van der Waals surface area contributed by atoms with Crippen molar-refractivity contribution in [1.82, 2.24) is 20.2 Å². The van der Waals surface area contributed by atoms with Gasteiger partial charge in [-0.2, -0.15) is 4.68 Å². The van der Waals surface area contributed by atoms with Crippen LogP contribution in [0.5, 0.6) is 0 Å². The summed E-state index contributed by atoms with van der Waals surface area (Å²) in [5.74, 6) is -0.278. The van der Waals surface area contributed by atoms with Crippen LogP contribution >= 0.6 is 11.3 Å². The number of ether oxygens (including phenoxy) is 1. The van der Waals surface area contributed by atoms with E-state index >= 15 is 0 Å². The number of rotatable bonds is 7. The van der Waals surface area contributed by atoms with Gasteiger partial charge in [-0.15, -0.1) is 16.4 Å². The number of nitro groups is 1. The van der Waals surface area contributed by atoms with Gasteiger partial charge in [-0.1, -0.05) is 48.5 Å². The van der Waals surface area contributed by atoms with Gasteiger partial charge in [-0.05, 0) is 33.5 Å². The molecular weight excluding hydrogens is 418 g/mol. The Labute approximate surface area is 180 Å². The van der Waals surface area contributed by atoms with Crippen LogP contribution in [0.2, 0.25) is 0 Å². The van der Waals surface area contributed by atoms with Crippen LogP contribution in [0.15, 0.2) is 72.1 Å². The van der Waals surface area contributed by atoms with Crippen LogP contribution in [0.3, 0.4) is 0 Å². The predicted octanol–water partition coefficient (Wildman–Crippen LogP) is 4.05. The zero-order valence-electron chi connectivity index (χ0n) is 16.0. The molecule has 0 aliphatic carbocycles. The van der Waals surface area contributed by atoms with E-state index in [-0.39, 0.29) is 18.0 Å². The smallest absolute Gasteiger partial charge is 0.357 e. The van der Waals surface area contributed by atoms with E-state index in [0.717, 1.165) is 10.4 Å². The third-order valence-corrected chi connectivity index (χ3v) is 5.07. The summed E-state index contributed by atoms with van der Waals surface area (Å²) in [6.45, 7) is -0.134. The Kier molecular flexibility index (Phi) is 5.90. The van der Waals surface area contributed by atoms with Gasteiger partial charge in [0.1, 0.15) is 6.61 Å². The maximum atomic E-state index is 13.0. The summed E-state index contributed by atoms with van der Waals surface area (Å²) >= 11 is 1.45. The van der Waals surface area contributed by atoms with E-state index in [2.05, 4.69) is 15.5 Å². The number of non-ortho nitro benzene ring substituents is 1. The van der Waals surface area contributed by atoms with Crippen LogP contribution in [0.25, 0.3) is 23.2 Å². The van der Waals surface area contributed by atoms with Gasteiger partial charge in [-0.3, -0.25) is 10.1 Å². The van der Waals surface area contributed by atoms with Crippen molar-refractivity contribution in [3.05, 3.63) is 92.7 Å². The number of hydrogen-bond donors (Lipinski definition) is 0. The number of carbonyl (C=O) groups excluding carboxylic acids is 1. The average Bonchev–Trinajstić information content (AvgIpc) is 3.48. The number of nitro benzene ring substituents is 1. The fourth-order valence-corrected chi connectivity index (χ4v) is 3.46. The van der Waals surface area contributed by atoms with E-state index in [4.69, 9.17) is 4.74 Å². The third-order valence-electron chi connectivity index (χ3n) is 4.25. The summed E-state index contributed by atoms with van der Waals surface area (Å²) < 4.78 is 6.77. The molecule has 4 aromatic rings. The van der Waals surface area contributed by atoms with E-state index in [0.29, 0.717) is 11.4 Å². The molecule has 10 heteroatoms. The molecule has 0 saturated heterocycles. The van der Waals surface area contributed by atoms with Crippen molar-refractivity contribution in [2.75, 3.05) is 0 Å². The standard InChI is InChI=1S/C21H15N5O4S/c27-21(30-14-15-6-4-9-17(12-15)26(28)29)19(13-18-10-5-11-31-18)25-20(22-23-24-25)16-7-2-1-3-8-16/h1-13H,14H2. The Morgan fingerprint density at radius 2 is 1.97 bits per heavy atom. The average molecular weight is 433 g/mol. The second-order valence-corrected chi connectivity index (χ2v) is 7.31. The Hall–Kier alpha value is -4.18. The maximum absolute atomic E-state index is 13.0. The first-order valence-corrected chi connectivity index (χ1v) is 9.99. The second-order valence-electron chi connectivity index (χ2n) is 6.33. The van der Waals surface area contributed by atoms with Gasteiger partial charge in [0.15, 0.2) is 11.5 Å². The van der Waals surface area contributed by atoms with Crippen LogP contribution in [0, 0.1) is 10.1 Å². The van der Waals surface area contributed by atoms with Crippen molar-refractivity contribution >= 4 is 34.8 Å². The number of aromatic nitrogens is 4. The quantitative estimate of drug-likeness (QED) is 0.187.